The number of alkyl halides is 2. The van der Waals surface area contributed by atoms with Gasteiger partial charge < -0.3 is 0 Å². The second kappa shape index (κ2) is 4.35. The van der Waals surface area contributed by atoms with Crippen molar-refractivity contribution >= 4 is 31.9 Å². The highest BCUT2D eigenvalue weighted by Crippen LogP contribution is 2.16. The average Bonchev–Trinajstić information content (AvgIpc) is 1.84. The quantitative estimate of drug-likeness (QED) is 0.465. The monoisotopic (exact) mass is 264 g/mol. The molecule has 2 atom stereocenters. The van der Waals surface area contributed by atoms with Crippen molar-refractivity contribution in [3.8, 4) is 0 Å². The number of rotatable bonds is 0. The van der Waals surface area contributed by atoms with Gasteiger partial charge in [-0.05, 0) is 12.8 Å². The average molecular weight is 266 g/mol. The third kappa shape index (κ3) is 3.02. The molecule has 0 saturated carbocycles. The Balaban J connectivity index is 2.48. The van der Waals surface area contributed by atoms with Gasteiger partial charge in [0, 0.05) is 9.65 Å². The Hall–Kier alpha value is 0.440. The fraction of sp³-hybridized carbons (Fsp3) is 0.500. The maximum absolute atomic E-state index is 3.54. The van der Waals surface area contributed by atoms with Gasteiger partial charge in [-0.15, -0.1) is 0 Å². The molecule has 0 spiro atoms. The molecule has 0 fully saturated rings. The van der Waals surface area contributed by atoms with Crippen molar-refractivity contribution in [1.29, 1.82) is 0 Å². The van der Waals surface area contributed by atoms with Crippen LogP contribution in [-0.2, 0) is 0 Å². The van der Waals surface area contributed by atoms with Crippen LogP contribution in [0.15, 0.2) is 24.3 Å². The lowest BCUT2D eigenvalue weighted by atomic mass is 10.1. The first-order valence-electron chi connectivity index (χ1n) is 3.40. The summed E-state index contributed by atoms with van der Waals surface area (Å²) in [6.07, 6.45) is 11.0. The lowest BCUT2D eigenvalue weighted by Gasteiger charge is -2.05. The van der Waals surface area contributed by atoms with Crippen LogP contribution in [0.4, 0.5) is 0 Å². The van der Waals surface area contributed by atoms with Gasteiger partial charge in [0.2, 0.25) is 0 Å². The van der Waals surface area contributed by atoms with Gasteiger partial charge in [0.1, 0.15) is 0 Å². The van der Waals surface area contributed by atoms with Gasteiger partial charge in [-0.1, -0.05) is 56.2 Å². The minimum atomic E-state index is 0.531. The van der Waals surface area contributed by atoms with Crippen molar-refractivity contribution in [2.24, 2.45) is 0 Å². The van der Waals surface area contributed by atoms with Crippen LogP contribution in [0.1, 0.15) is 12.8 Å². The molecule has 1 aliphatic carbocycles. The largest absolute Gasteiger partial charge is 0.0860 e. The molecule has 0 N–H and O–H groups in total. The van der Waals surface area contributed by atoms with Crippen molar-refractivity contribution in [3.05, 3.63) is 24.3 Å². The molecule has 0 bridgehead atoms. The van der Waals surface area contributed by atoms with Crippen molar-refractivity contribution in [2.45, 2.75) is 22.5 Å². The summed E-state index contributed by atoms with van der Waals surface area (Å²) < 4.78 is 0. The summed E-state index contributed by atoms with van der Waals surface area (Å²) in [7, 11) is 0. The van der Waals surface area contributed by atoms with E-state index < -0.39 is 0 Å². The van der Waals surface area contributed by atoms with Crippen LogP contribution < -0.4 is 0 Å². The van der Waals surface area contributed by atoms with Crippen LogP contribution in [0.5, 0.6) is 0 Å². The smallest absolute Gasteiger partial charge is 0.0359 e. The maximum Gasteiger partial charge on any atom is 0.0359 e. The number of hydrogen-bond acceptors (Lipinski definition) is 0. The van der Waals surface area contributed by atoms with E-state index in [2.05, 4.69) is 56.2 Å². The third-order valence-corrected chi connectivity index (χ3v) is 2.77. The molecule has 0 nitrogen and oxygen atoms in total. The molecule has 10 heavy (non-hydrogen) atoms. The topological polar surface area (TPSA) is 0 Å². The second-order valence-corrected chi connectivity index (χ2v) is 4.71. The molecule has 2 unspecified atom stereocenters. The highest BCUT2D eigenvalue weighted by molar-refractivity contribution is 9.09. The fourth-order valence-electron chi connectivity index (χ4n) is 0.870. The Bertz CT molecular complexity index is 131. The number of allylic oxidation sites excluding steroid dienone is 4. The summed E-state index contributed by atoms with van der Waals surface area (Å²) in [5.41, 5.74) is 0. The normalized spacial score (nSPS) is 33.4. The highest BCUT2D eigenvalue weighted by Gasteiger charge is 2.01. The van der Waals surface area contributed by atoms with Crippen molar-refractivity contribution < 1.29 is 0 Å². The van der Waals surface area contributed by atoms with E-state index in [1.165, 1.54) is 0 Å². The van der Waals surface area contributed by atoms with E-state index in [4.69, 9.17) is 0 Å². The first-order valence-corrected chi connectivity index (χ1v) is 5.23. The van der Waals surface area contributed by atoms with Crippen LogP contribution in [-0.4, -0.2) is 9.65 Å². The molecule has 0 aromatic carbocycles. The minimum Gasteiger partial charge on any atom is -0.0860 e. The lowest BCUT2D eigenvalue weighted by Crippen LogP contribution is -1.97. The van der Waals surface area contributed by atoms with Gasteiger partial charge in [0.05, 0.1) is 0 Å². The van der Waals surface area contributed by atoms with Gasteiger partial charge in [0.25, 0.3) is 0 Å². The summed E-state index contributed by atoms with van der Waals surface area (Å²) in [6, 6.07) is 0. The Morgan fingerprint density at radius 2 is 1.30 bits per heavy atom. The molecule has 2 heteroatoms. The van der Waals surface area contributed by atoms with E-state index >= 15 is 0 Å². The maximum atomic E-state index is 3.54. The third-order valence-electron chi connectivity index (χ3n) is 1.41. The molecule has 0 aromatic heterocycles. The first-order chi connectivity index (χ1) is 4.79. The zero-order valence-electron chi connectivity index (χ0n) is 5.63. The van der Waals surface area contributed by atoms with Crippen LogP contribution in [0.3, 0.4) is 0 Å². The van der Waals surface area contributed by atoms with Crippen molar-refractivity contribution in [2.75, 3.05) is 0 Å². The first kappa shape index (κ1) is 8.54. The van der Waals surface area contributed by atoms with Gasteiger partial charge in [-0.2, -0.15) is 0 Å². The van der Waals surface area contributed by atoms with Crippen LogP contribution >= 0.6 is 31.9 Å². The Morgan fingerprint density at radius 1 is 0.900 bits per heavy atom. The van der Waals surface area contributed by atoms with Crippen molar-refractivity contribution in [3.63, 3.8) is 0 Å². The standard InChI is InChI=1S/C8H10Br2/c9-7-3-1-4-8(10)6-2-5-7/h1-3,6-8H,4-5H2. The minimum absolute atomic E-state index is 0.531. The Labute approximate surface area is 78.6 Å². The van der Waals surface area contributed by atoms with E-state index in [-0.39, 0.29) is 0 Å². The molecule has 0 aliphatic heterocycles. The SMILES string of the molecule is BrC1C=CCC(Br)C=CC1. The fourth-order valence-corrected chi connectivity index (χ4v) is 1.73. The van der Waals surface area contributed by atoms with E-state index in [0.29, 0.717) is 9.65 Å². The molecule has 0 radical (unpaired) electrons. The zero-order valence-corrected chi connectivity index (χ0v) is 8.81. The van der Waals surface area contributed by atoms with E-state index in [9.17, 15) is 0 Å². The summed E-state index contributed by atoms with van der Waals surface area (Å²) in [4.78, 5) is 1.06. The number of hydrogen-bond donors (Lipinski definition) is 0. The van der Waals surface area contributed by atoms with E-state index in [0.717, 1.165) is 12.8 Å². The summed E-state index contributed by atoms with van der Waals surface area (Å²) in [5, 5.41) is 0. The summed E-state index contributed by atoms with van der Waals surface area (Å²) >= 11 is 7.08. The molecular weight excluding hydrogens is 256 g/mol. The molecule has 1 aliphatic rings. The van der Waals surface area contributed by atoms with Gasteiger partial charge in [-0.3, -0.25) is 0 Å². The number of halogens is 2. The van der Waals surface area contributed by atoms with Crippen LogP contribution in [0.2, 0.25) is 0 Å². The second-order valence-electron chi connectivity index (χ2n) is 2.36. The molecular formula is C8H10Br2. The Kier molecular flexibility index (Phi) is 3.71. The lowest BCUT2D eigenvalue weighted by molar-refractivity contribution is 1.00. The van der Waals surface area contributed by atoms with Gasteiger partial charge in [-0.25, -0.2) is 0 Å². The highest BCUT2D eigenvalue weighted by atomic mass is 79.9. The van der Waals surface area contributed by atoms with Crippen molar-refractivity contribution in [1.82, 2.24) is 0 Å². The predicted octanol–water partition coefficient (Wildman–Crippen LogP) is 3.42. The molecule has 0 saturated heterocycles. The molecule has 0 heterocycles. The molecule has 0 amide bonds. The summed E-state index contributed by atoms with van der Waals surface area (Å²) in [6.45, 7) is 0. The van der Waals surface area contributed by atoms with Crippen LogP contribution in [0.25, 0.3) is 0 Å². The zero-order chi connectivity index (χ0) is 7.40. The Morgan fingerprint density at radius 3 is 1.70 bits per heavy atom. The molecule has 1 rings (SSSR count). The van der Waals surface area contributed by atoms with E-state index in [1.54, 1.807) is 0 Å². The van der Waals surface area contributed by atoms with Crippen LogP contribution in [0, 0.1) is 0 Å². The van der Waals surface area contributed by atoms with E-state index in [1.807, 2.05) is 0 Å². The molecule has 0 aromatic rings. The van der Waals surface area contributed by atoms with Gasteiger partial charge >= 0.3 is 0 Å². The van der Waals surface area contributed by atoms with Gasteiger partial charge in [0.15, 0.2) is 0 Å². The summed E-state index contributed by atoms with van der Waals surface area (Å²) in [5.74, 6) is 0. The molecule has 56 valence electrons. The predicted molar refractivity (Wildman–Crippen MR) is 52.9 cm³/mol.